The highest BCUT2D eigenvalue weighted by Gasteiger charge is 2.29. The molecular formula is C11H11F4NO. The molecule has 0 atom stereocenters. The van der Waals surface area contributed by atoms with E-state index in [0.717, 1.165) is 30.3 Å². The molecule has 0 saturated heterocycles. The molecule has 6 heteroatoms. The topological polar surface area (TPSA) is 35.2 Å². The van der Waals surface area contributed by atoms with Gasteiger partial charge in [-0.05, 0) is 30.3 Å². The molecule has 1 rings (SSSR count). The van der Waals surface area contributed by atoms with Gasteiger partial charge in [-0.2, -0.15) is 13.2 Å². The van der Waals surface area contributed by atoms with Crippen LogP contribution < -0.4 is 10.5 Å². The fourth-order valence-electron chi connectivity index (χ4n) is 1.08. The Morgan fingerprint density at radius 2 is 1.82 bits per heavy atom. The van der Waals surface area contributed by atoms with E-state index in [1.807, 2.05) is 0 Å². The van der Waals surface area contributed by atoms with Crippen LogP contribution in [0.2, 0.25) is 0 Å². The fraction of sp³-hybridized carbons (Fsp3) is 0.273. The van der Waals surface area contributed by atoms with Gasteiger partial charge in [-0.15, -0.1) is 0 Å². The van der Waals surface area contributed by atoms with Gasteiger partial charge in [0.25, 0.3) is 0 Å². The van der Waals surface area contributed by atoms with Crippen LogP contribution in [0.3, 0.4) is 0 Å². The molecule has 0 unspecified atom stereocenters. The van der Waals surface area contributed by atoms with E-state index in [4.69, 9.17) is 10.5 Å². The predicted octanol–water partition coefficient (Wildman–Crippen LogP) is 2.90. The van der Waals surface area contributed by atoms with E-state index in [2.05, 4.69) is 0 Å². The number of rotatable bonds is 4. The van der Waals surface area contributed by atoms with E-state index in [-0.39, 0.29) is 18.9 Å². The second-order valence-corrected chi connectivity index (χ2v) is 3.20. The van der Waals surface area contributed by atoms with Gasteiger partial charge in [-0.1, -0.05) is 0 Å². The molecule has 0 aliphatic carbocycles. The summed E-state index contributed by atoms with van der Waals surface area (Å²) in [6, 6.07) is 4.02. The summed E-state index contributed by atoms with van der Waals surface area (Å²) < 4.78 is 54.4. The monoisotopic (exact) mass is 249 g/mol. The summed E-state index contributed by atoms with van der Waals surface area (Å²) in [6.45, 7) is -0.301. The Bertz CT molecular complexity index is 383. The fourth-order valence-corrected chi connectivity index (χ4v) is 1.08. The minimum absolute atomic E-state index is 0.0439. The SMILES string of the molecule is NC/C=C(\F)COc1ccc(C(F)(F)F)cc1. The zero-order valence-electron chi connectivity index (χ0n) is 8.80. The van der Waals surface area contributed by atoms with Crippen molar-refractivity contribution in [3.05, 3.63) is 41.7 Å². The lowest BCUT2D eigenvalue weighted by Crippen LogP contribution is -2.05. The zero-order chi connectivity index (χ0) is 12.9. The number of hydrogen-bond donors (Lipinski definition) is 1. The van der Waals surface area contributed by atoms with Gasteiger partial charge in [0.1, 0.15) is 18.2 Å². The van der Waals surface area contributed by atoms with Gasteiger partial charge in [-0.25, -0.2) is 4.39 Å². The third-order valence-electron chi connectivity index (χ3n) is 1.90. The molecule has 0 radical (unpaired) electrons. The number of alkyl halides is 3. The maximum Gasteiger partial charge on any atom is 0.416 e. The molecule has 17 heavy (non-hydrogen) atoms. The lowest BCUT2D eigenvalue weighted by atomic mass is 10.2. The second kappa shape index (κ2) is 5.67. The molecular weight excluding hydrogens is 238 g/mol. The van der Waals surface area contributed by atoms with Gasteiger partial charge in [0.15, 0.2) is 0 Å². The second-order valence-electron chi connectivity index (χ2n) is 3.20. The van der Waals surface area contributed by atoms with E-state index in [0.29, 0.717) is 0 Å². The first kappa shape index (κ1) is 13.5. The van der Waals surface area contributed by atoms with Gasteiger partial charge >= 0.3 is 6.18 Å². The Labute approximate surface area is 95.7 Å². The van der Waals surface area contributed by atoms with Crippen LogP contribution in [0.15, 0.2) is 36.2 Å². The molecule has 2 nitrogen and oxygen atoms in total. The molecule has 0 amide bonds. The molecule has 0 fully saturated rings. The number of benzene rings is 1. The summed E-state index contributed by atoms with van der Waals surface area (Å²) in [5, 5.41) is 0. The molecule has 0 saturated carbocycles. The van der Waals surface area contributed by atoms with Crippen molar-refractivity contribution in [2.45, 2.75) is 6.18 Å². The highest BCUT2D eigenvalue weighted by atomic mass is 19.4. The molecule has 0 aliphatic heterocycles. The number of ether oxygens (including phenoxy) is 1. The van der Waals surface area contributed by atoms with Crippen molar-refractivity contribution >= 4 is 0 Å². The highest BCUT2D eigenvalue weighted by molar-refractivity contribution is 5.29. The minimum Gasteiger partial charge on any atom is -0.487 e. The van der Waals surface area contributed by atoms with Crippen molar-refractivity contribution < 1.29 is 22.3 Å². The Kier molecular flexibility index (Phi) is 4.51. The Morgan fingerprint density at radius 1 is 1.24 bits per heavy atom. The zero-order valence-corrected chi connectivity index (χ0v) is 8.80. The highest BCUT2D eigenvalue weighted by Crippen LogP contribution is 2.30. The molecule has 0 bridgehead atoms. The van der Waals surface area contributed by atoms with Crippen LogP contribution in [0.4, 0.5) is 17.6 Å². The van der Waals surface area contributed by atoms with Crippen LogP contribution in [0.1, 0.15) is 5.56 Å². The lowest BCUT2D eigenvalue weighted by Gasteiger charge is -2.08. The third kappa shape index (κ3) is 4.44. The van der Waals surface area contributed by atoms with E-state index < -0.39 is 17.6 Å². The van der Waals surface area contributed by atoms with Gasteiger partial charge in [-0.3, -0.25) is 0 Å². The molecule has 94 valence electrons. The van der Waals surface area contributed by atoms with Gasteiger partial charge in [0.05, 0.1) is 5.56 Å². The van der Waals surface area contributed by atoms with Crippen molar-refractivity contribution in [3.8, 4) is 5.75 Å². The summed E-state index contributed by atoms with van der Waals surface area (Å²) in [7, 11) is 0. The smallest absolute Gasteiger partial charge is 0.416 e. The van der Waals surface area contributed by atoms with Gasteiger partial charge in [0, 0.05) is 6.54 Å². The van der Waals surface area contributed by atoms with E-state index in [9.17, 15) is 17.6 Å². The summed E-state index contributed by atoms with van der Waals surface area (Å²) >= 11 is 0. The number of nitrogens with two attached hydrogens (primary N) is 1. The van der Waals surface area contributed by atoms with Crippen LogP contribution in [-0.2, 0) is 6.18 Å². The largest absolute Gasteiger partial charge is 0.487 e. The van der Waals surface area contributed by atoms with Crippen molar-refractivity contribution in [1.82, 2.24) is 0 Å². The molecule has 0 aromatic heterocycles. The lowest BCUT2D eigenvalue weighted by molar-refractivity contribution is -0.137. The van der Waals surface area contributed by atoms with E-state index >= 15 is 0 Å². The van der Waals surface area contributed by atoms with Crippen LogP contribution in [0, 0.1) is 0 Å². The summed E-state index contributed by atoms with van der Waals surface area (Å²) in [5.74, 6) is -0.397. The summed E-state index contributed by atoms with van der Waals surface area (Å²) in [4.78, 5) is 0. The first-order valence-corrected chi connectivity index (χ1v) is 4.78. The maximum absolute atomic E-state index is 12.8. The van der Waals surface area contributed by atoms with Crippen molar-refractivity contribution in [3.63, 3.8) is 0 Å². The molecule has 2 N–H and O–H groups in total. The average Bonchev–Trinajstić information content (AvgIpc) is 2.26. The standard InChI is InChI=1S/C11H11F4NO/c12-9(5-6-16)7-17-10-3-1-8(2-4-10)11(13,14)15/h1-5H,6-7,16H2/b9-5-. The molecule has 0 spiro atoms. The maximum atomic E-state index is 12.8. The first-order valence-electron chi connectivity index (χ1n) is 4.78. The van der Waals surface area contributed by atoms with Crippen molar-refractivity contribution in [1.29, 1.82) is 0 Å². The Balaban J connectivity index is 2.60. The third-order valence-corrected chi connectivity index (χ3v) is 1.90. The van der Waals surface area contributed by atoms with Gasteiger partial charge in [0.2, 0.25) is 0 Å². The minimum atomic E-state index is -4.39. The van der Waals surface area contributed by atoms with Crippen LogP contribution in [0.25, 0.3) is 0 Å². The first-order chi connectivity index (χ1) is 7.93. The number of halogens is 4. The van der Waals surface area contributed by atoms with Crippen LogP contribution in [0.5, 0.6) is 5.75 Å². The molecule has 1 aromatic rings. The van der Waals surface area contributed by atoms with Crippen LogP contribution >= 0.6 is 0 Å². The Hall–Kier alpha value is -1.56. The number of hydrogen-bond acceptors (Lipinski definition) is 2. The van der Waals surface area contributed by atoms with Crippen LogP contribution in [-0.4, -0.2) is 13.2 Å². The predicted molar refractivity (Wildman–Crippen MR) is 55.2 cm³/mol. The van der Waals surface area contributed by atoms with Gasteiger partial charge < -0.3 is 10.5 Å². The molecule has 0 heterocycles. The Morgan fingerprint density at radius 3 is 2.29 bits per heavy atom. The summed E-state index contributed by atoms with van der Waals surface area (Å²) in [6.07, 6.45) is -3.26. The van der Waals surface area contributed by atoms with Crippen molar-refractivity contribution in [2.75, 3.05) is 13.2 Å². The van der Waals surface area contributed by atoms with Crippen molar-refractivity contribution in [2.24, 2.45) is 5.73 Å². The summed E-state index contributed by atoms with van der Waals surface area (Å²) in [5.41, 5.74) is 4.29. The average molecular weight is 249 g/mol. The molecule has 0 aliphatic rings. The quantitative estimate of drug-likeness (QED) is 0.833. The van der Waals surface area contributed by atoms with E-state index in [1.54, 1.807) is 0 Å². The van der Waals surface area contributed by atoms with E-state index in [1.165, 1.54) is 0 Å². The molecule has 1 aromatic carbocycles. The normalized spacial score (nSPS) is 12.6.